The van der Waals surface area contributed by atoms with Gasteiger partial charge < -0.3 is 4.74 Å². The highest BCUT2D eigenvalue weighted by Crippen LogP contribution is 2.13. The second-order valence-corrected chi connectivity index (χ2v) is 4.45. The van der Waals surface area contributed by atoms with Crippen molar-refractivity contribution in [2.45, 2.75) is 32.1 Å². The van der Waals surface area contributed by atoms with Crippen molar-refractivity contribution >= 4 is 24.5 Å². The molecule has 16 heavy (non-hydrogen) atoms. The quantitative estimate of drug-likeness (QED) is 0.779. The molecule has 0 spiro atoms. The highest BCUT2D eigenvalue weighted by Gasteiger charge is 2.17. The average molecular weight is 241 g/mol. The van der Waals surface area contributed by atoms with Gasteiger partial charge in [-0.05, 0) is 20.8 Å². The number of amides is 1. The van der Waals surface area contributed by atoms with E-state index in [1.54, 1.807) is 27.0 Å². The molecule has 1 N–H and O–H groups in total. The number of aromatic nitrogens is 2. The standard InChI is InChI=1S/C10H15N3O2S/c1-10(2,3)15-9(14)13-8-7(6-16)11-4-5-12-8/h4-5,16H,6H2,1-3H3,(H,12,13,14). The van der Waals surface area contributed by atoms with Crippen molar-refractivity contribution in [2.75, 3.05) is 5.32 Å². The summed E-state index contributed by atoms with van der Waals surface area (Å²) >= 11 is 4.09. The third kappa shape index (κ3) is 4.06. The van der Waals surface area contributed by atoms with Crippen LogP contribution in [0, 0.1) is 0 Å². The fourth-order valence-corrected chi connectivity index (χ4v) is 1.22. The van der Waals surface area contributed by atoms with E-state index in [2.05, 4.69) is 27.9 Å². The van der Waals surface area contributed by atoms with Crippen LogP contribution in [0.25, 0.3) is 0 Å². The second-order valence-electron chi connectivity index (χ2n) is 4.14. The van der Waals surface area contributed by atoms with Crippen molar-refractivity contribution in [3.63, 3.8) is 0 Å². The molecule has 0 fully saturated rings. The number of ether oxygens (including phenoxy) is 1. The monoisotopic (exact) mass is 241 g/mol. The van der Waals surface area contributed by atoms with E-state index in [0.29, 0.717) is 17.3 Å². The lowest BCUT2D eigenvalue weighted by Crippen LogP contribution is -2.27. The molecule has 0 aromatic carbocycles. The van der Waals surface area contributed by atoms with Gasteiger partial charge in [-0.15, -0.1) is 0 Å². The van der Waals surface area contributed by atoms with Crippen LogP contribution in [0.1, 0.15) is 26.5 Å². The predicted octanol–water partition coefficient (Wildman–Crippen LogP) is 2.25. The third-order valence-electron chi connectivity index (χ3n) is 1.54. The highest BCUT2D eigenvalue weighted by molar-refractivity contribution is 7.79. The van der Waals surface area contributed by atoms with Gasteiger partial charge in [0.2, 0.25) is 0 Å². The molecule has 0 radical (unpaired) electrons. The normalized spacial score (nSPS) is 11.0. The minimum atomic E-state index is -0.545. The van der Waals surface area contributed by atoms with Gasteiger partial charge in [0.15, 0.2) is 5.82 Å². The summed E-state index contributed by atoms with van der Waals surface area (Å²) in [6.07, 6.45) is 2.50. The van der Waals surface area contributed by atoms with Crippen molar-refractivity contribution < 1.29 is 9.53 Å². The average Bonchev–Trinajstić information content (AvgIpc) is 2.15. The Morgan fingerprint density at radius 1 is 1.44 bits per heavy atom. The molecule has 0 atom stereocenters. The van der Waals surface area contributed by atoms with Crippen LogP contribution in [-0.4, -0.2) is 21.7 Å². The lowest BCUT2D eigenvalue weighted by Gasteiger charge is -2.19. The number of nitrogens with zero attached hydrogens (tertiary/aromatic N) is 2. The first-order valence-electron chi connectivity index (χ1n) is 4.83. The minimum Gasteiger partial charge on any atom is -0.444 e. The van der Waals surface area contributed by atoms with Crippen molar-refractivity contribution in [2.24, 2.45) is 0 Å². The van der Waals surface area contributed by atoms with Crippen LogP contribution in [0.3, 0.4) is 0 Å². The van der Waals surface area contributed by atoms with Crippen LogP contribution in [0.2, 0.25) is 0 Å². The fourth-order valence-electron chi connectivity index (χ4n) is 0.987. The van der Waals surface area contributed by atoms with Crippen LogP contribution in [-0.2, 0) is 10.5 Å². The van der Waals surface area contributed by atoms with Crippen LogP contribution in [0.5, 0.6) is 0 Å². The molecule has 88 valence electrons. The predicted molar refractivity (Wildman–Crippen MR) is 64.6 cm³/mol. The number of rotatable bonds is 2. The number of thiol groups is 1. The summed E-state index contributed by atoms with van der Waals surface area (Å²) in [6, 6.07) is 0. The largest absolute Gasteiger partial charge is 0.444 e. The van der Waals surface area contributed by atoms with Crippen molar-refractivity contribution in [3.05, 3.63) is 18.1 Å². The van der Waals surface area contributed by atoms with Gasteiger partial charge in [-0.1, -0.05) is 0 Å². The summed E-state index contributed by atoms with van der Waals surface area (Å²) in [7, 11) is 0. The zero-order chi connectivity index (χ0) is 12.2. The molecule has 1 heterocycles. The van der Waals surface area contributed by atoms with E-state index < -0.39 is 11.7 Å². The molecule has 6 heteroatoms. The van der Waals surface area contributed by atoms with Gasteiger partial charge in [0, 0.05) is 18.1 Å². The molecule has 1 rings (SSSR count). The summed E-state index contributed by atoms with van der Waals surface area (Å²) in [4.78, 5) is 19.5. The zero-order valence-electron chi connectivity index (χ0n) is 9.52. The first-order chi connectivity index (χ1) is 7.42. The zero-order valence-corrected chi connectivity index (χ0v) is 10.4. The van der Waals surface area contributed by atoms with Gasteiger partial charge in [-0.3, -0.25) is 10.3 Å². The van der Waals surface area contributed by atoms with Crippen molar-refractivity contribution in [1.82, 2.24) is 9.97 Å². The molecule has 1 amide bonds. The Kier molecular flexibility index (Phi) is 4.12. The van der Waals surface area contributed by atoms with Crippen LogP contribution >= 0.6 is 12.6 Å². The summed E-state index contributed by atoms with van der Waals surface area (Å²) in [6.45, 7) is 5.38. The lowest BCUT2D eigenvalue weighted by molar-refractivity contribution is 0.0635. The van der Waals surface area contributed by atoms with Crippen LogP contribution in [0.15, 0.2) is 12.4 Å². The Labute approximate surface area is 100 Å². The molecular weight excluding hydrogens is 226 g/mol. The summed E-state index contributed by atoms with van der Waals surface area (Å²) in [5.74, 6) is 0.783. The molecule has 0 unspecified atom stereocenters. The Bertz CT molecular complexity index is 377. The molecule has 0 saturated carbocycles. The van der Waals surface area contributed by atoms with Crippen LogP contribution in [0.4, 0.5) is 10.6 Å². The van der Waals surface area contributed by atoms with E-state index in [0.717, 1.165) is 0 Å². The molecule has 5 nitrogen and oxygen atoms in total. The molecule has 0 aliphatic heterocycles. The number of carbonyl (C=O) groups excluding carboxylic acids is 1. The first-order valence-corrected chi connectivity index (χ1v) is 5.46. The SMILES string of the molecule is CC(C)(C)OC(=O)Nc1nccnc1CS. The number of hydrogen-bond acceptors (Lipinski definition) is 5. The van der Waals surface area contributed by atoms with E-state index in [4.69, 9.17) is 4.74 Å². The van der Waals surface area contributed by atoms with E-state index in [1.807, 2.05) is 0 Å². The highest BCUT2D eigenvalue weighted by atomic mass is 32.1. The van der Waals surface area contributed by atoms with E-state index in [9.17, 15) is 4.79 Å². The molecule has 0 aliphatic carbocycles. The van der Waals surface area contributed by atoms with Gasteiger partial charge in [-0.25, -0.2) is 9.78 Å². The van der Waals surface area contributed by atoms with Crippen molar-refractivity contribution in [3.8, 4) is 0 Å². The lowest BCUT2D eigenvalue weighted by atomic mass is 10.2. The summed E-state index contributed by atoms with van der Waals surface area (Å²) < 4.78 is 5.10. The first kappa shape index (κ1) is 12.8. The topological polar surface area (TPSA) is 64.1 Å². The maximum absolute atomic E-state index is 11.5. The smallest absolute Gasteiger partial charge is 0.413 e. The number of anilines is 1. The summed E-state index contributed by atoms with van der Waals surface area (Å²) in [5.41, 5.74) is 0.0737. The second kappa shape index (κ2) is 5.16. The summed E-state index contributed by atoms with van der Waals surface area (Å²) in [5, 5.41) is 2.53. The molecule has 1 aromatic rings. The van der Waals surface area contributed by atoms with Gasteiger partial charge in [0.1, 0.15) is 5.60 Å². The number of carbonyl (C=O) groups is 1. The van der Waals surface area contributed by atoms with Crippen molar-refractivity contribution in [1.29, 1.82) is 0 Å². The number of nitrogens with one attached hydrogen (secondary N) is 1. The van der Waals surface area contributed by atoms with Gasteiger partial charge >= 0.3 is 6.09 Å². The third-order valence-corrected chi connectivity index (χ3v) is 1.84. The maximum atomic E-state index is 11.5. The van der Waals surface area contributed by atoms with E-state index in [-0.39, 0.29) is 0 Å². The number of hydrogen-bond donors (Lipinski definition) is 2. The Balaban J connectivity index is 2.70. The maximum Gasteiger partial charge on any atom is 0.413 e. The Morgan fingerprint density at radius 3 is 2.62 bits per heavy atom. The Morgan fingerprint density at radius 2 is 2.06 bits per heavy atom. The van der Waals surface area contributed by atoms with E-state index >= 15 is 0 Å². The van der Waals surface area contributed by atoms with Gasteiger partial charge in [0.05, 0.1) is 5.69 Å². The molecule has 1 aromatic heterocycles. The van der Waals surface area contributed by atoms with Crippen LogP contribution < -0.4 is 5.32 Å². The molecular formula is C10H15N3O2S. The molecule has 0 aliphatic rings. The van der Waals surface area contributed by atoms with E-state index in [1.165, 1.54) is 6.20 Å². The fraction of sp³-hybridized carbons (Fsp3) is 0.500. The van der Waals surface area contributed by atoms with Gasteiger partial charge in [0.25, 0.3) is 0 Å². The minimum absolute atomic E-state index is 0.381. The Hall–Kier alpha value is -1.30. The van der Waals surface area contributed by atoms with Gasteiger partial charge in [-0.2, -0.15) is 12.6 Å². The molecule has 0 bridgehead atoms. The molecule has 0 saturated heterocycles.